The van der Waals surface area contributed by atoms with Crippen LogP contribution in [0, 0.1) is 0 Å². The van der Waals surface area contributed by atoms with E-state index < -0.39 is 0 Å². The molecule has 1 aromatic heterocycles. The number of fused-ring (bicyclic) bond motifs is 1. The largest absolute Gasteiger partial charge is 0.487 e. The lowest BCUT2D eigenvalue weighted by Crippen LogP contribution is -2.07. The van der Waals surface area contributed by atoms with E-state index in [1.807, 2.05) is 24.7 Å². The van der Waals surface area contributed by atoms with Crippen molar-refractivity contribution in [3.63, 3.8) is 0 Å². The van der Waals surface area contributed by atoms with Gasteiger partial charge in [0.1, 0.15) is 12.4 Å². The van der Waals surface area contributed by atoms with Gasteiger partial charge in [0.05, 0.1) is 18.2 Å². The number of benzene rings is 1. The number of aryl methyl sites for hydroxylation is 1. The normalized spacial score (nSPS) is 17.2. The summed E-state index contributed by atoms with van der Waals surface area (Å²) in [7, 11) is 0. The standard InChI is InChI=1S/C16H21N3O/c1-2-8-19-11-18-9-12(19)10-20-16-5-3-4-13-14(16)6-7-15(13)17/h3-5,9,11,15H,2,6-8,10,17H2,1H3. The zero-order valence-electron chi connectivity index (χ0n) is 11.9. The molecule has 1 aliphatic carbocycles. The average Bonchev–Trinajstić information content (AvgIpc) is 3.05. The van der Waals surface area contributed by atoms with Gasteiger partial charge >= 0.3 is 0 Å². The van der Waals surface area contributed by atoms with Gasteiger partial charge in [-0.1, -0.05) is 19.1 Å². The molecule has 0 amide bonds. The first-order valence-electron chi connectivity index (χ1n) is 7.28. The van der Waals surface area contributed by atoms with Crippen LogP contribution < -0.4 is 10.5 Å². The second kappa shape index (κ2) is 5.67. The number of rotatable bonds is 5. The Morgan fingerprint density at radius 3 is 3.20 bits per heavy atom. The Morgan fingerprint density at radius 2 is 2.35 bits per heavy atom. The van der Waals surface area contributed by atoms with Crippen molar-refractivity contribution >= 4 is 0 Å². The lowest BCUT2D eigenvalue weighted by molar-refractivity contribution is 0.292. The second-order valence-electron chi connectivity index (χ2n) is 5.34. The fourth-order valence-electron chi connectivity index (χ4n) is 2.85. The van der Waals surface area contributed by atoms with Crippen LogP contribution in [0.1, 0.15) is 42.6 Å². The van der Waals surface area contributed by atoms with Crippen LogP contribution in [0.2, 0.25) is 0 Å². The second-order valence-corrected chi connectivity index (χ2v) is 5.34. The molecular weight excluding hydrogens is 250 g/mol. The van der Waals surface area contributed by atoms with E-state index in [0.29, 0.717) is 6.61 Å². The van der Waals surface area contributed by atoms with Crippen molar-refractivity contribution in [3.8, 4) is 5.75 Å². The molecule has 0 saturated carbocycles. The van der Waals surface area contributed by atoms with Crippen molar-refractivity contribution in [1.29, 1.82) is 0 Å². The maximum absolute atomic E-state index is 6.10. The summed E-state index contributed by atoms with van der Waals surface area (Å²) in [5.74, 6) is 0.972. The van der Waals surface area contributed by atoms with Crippen molar-refractivity contribution in [3.05, 3.63) is 47.5 Å². The Hall–Kier alpha value is -1.81. The molecule has 3 rings (SSSR count). The Labute approximate surface area is 119 Å². The number of hydrogen-bond donors (Lipinski definition) is 1. The number of hydrogen-bond acceptors (Lipinski definition) is 3. The van der Waals surface area contributed by atoms with Crippen LogP contribution in [0.3, 0.4) is 0 Å². The molecule has 0 spiro atoms. The van der Waals surface area contributed by atoms with Crippen LogP contribution in [-0.4, -0.2) is 9.55 Å². The Balaban J connectivity index is 1.75. The molecule has 0 radical (unpaired) electrons. The Bertz CT molecular complexity index is 591. The van der Waals surface area contributed by atoms with Crippen molar-refractivity contribution in [1.82, 2.24) is 9.55 Å². The zero-order valence-corrected chi connectivity index (χ0v) is 11.9. The van der Waals surface area contributed by atoms with Gasteiger partial charge in [0, 0.05) is 12.6 Å². The summed E-state index contributed by atoms with van der Waals surface area (Å²) < 4.78 is 8.16. The fraction of sp³-hybridized carbons (Fsp3) is 0.438. The van der Waals surface area contributed by atoms with Gasteiger partial charge in [-0.3, -0.25) is 0 Å². The van der Waals surface area contributed by atoms with E-state index in [4.69, 9.17) is 10.5 Å². The summed E-state index contributed by atoms with van der Waals surface area (Å²) in [6.07, 6.45) is 6.88. The molecular formula is C16H21N3O. The van der Waals surface area contributed by atoms with Crippen molar-refractivity contribution in [2.45, 2.75) is 45.4 Å². The monoisotopic (exact) mass is 271 g/mol. The first-order chi connectivity index (χ1) is 9.79. The highest BCUT2D eigenvalue weighted by molar-refractivity contribution is 5.44. The summed E-state index contributed by atoms with van der Waals surface area (Å²) in [5.41, 5.74) is 9.74. The lowest BCUT2D eigenvalue weighted by Gasteiger charge is -2.12. The van der Waals surface area contributed by atoms with E-state index in [1.54, 1.807) is 0 Å². The summed E-state index contributed by atoms with van der Waals surface area (Å²) in [6.45, 7) is 3.71. The van der Waals surface area contributed by atoms with E-state index in [1.165, 1.54) is 11.1 Å². The fourth-order valence-corrected chi connectivity index (χ4v) is 2.85. The summed E-state index contributed by atoms with van der Waals surface area (Å²) >= 11 is 0. The minimum atomic E-state index is 0.166. The number of nitrogens with zero attached hydrogens (tertiary/aromatic N) is 2. The minimum absolute atomic E-state index is 0.166. The maximum atomic E-state index is 6.10. The third-order valence-electron chi connectivity index (χ3n) is 3.91. The smallest absolute Gasteiger partial charge is 0.130 e. The molecule has 1 unspecified atom stereocenters. The van der Waals surface area contributed by atoms with Gasteiger partial charge in [0.2, 0.25) is 0 Å². The summed E-state index contributed by atoms with van der Waals surface area (Å²) in [6, 6.07) is 6.35. The van der Waals surface area contributed by atoms with E-state index in [9.17, 15) is 0 Å². The third-order valence-corrected chi connectivity index (χ3v) is 3.91. The molecule has 4 nitrogen and oxygen atoms in total. The van der Waals surface area contributed by atoms with Gasteiger partial charge in [0.25, 0.3) is 0 Å². The van der Waals surface area contributed by atoms with E-state index in [2.05, 4.69) is 22.5 Å². The molecule has 1 aromatic carbocycles. The Kier molecular flexibility index (Phi) is 3.74. The van der Waals surface area contributed by atoms with E-state index in [0.717, 1.165) is 37.3 Å². The molecule has 4 heteroatoms. The van der Waals surface area contributed by atoms with E-state index in [-0.39, 0.29) is 6.04 Å². The molecule has 1 heterocycles. The van der Waals surface area contributed by atoms with Crippen molar-refractivity contribution < 1.29 is 4.74 Å². The topological polar surface area (TPSA) is 53.1 Å². The third kappa shape index (κ3) is 2.43. The number of imidazole rings is 1. The highest BCUT2D eigenvalue weighted by atomic mass is 16.5. The number of aromatic nitrogens is 2. The molecule has 1 aliphatic rings. The molecule has 0 aliphatic heterocycles. The molecule has 2 aromatic rings. The molecule has 0 saturated heterocycles. The SMILES string of the molecule is CCCn1cncc1COc1cccc2c1CCC2N. The van der Waals surface area contributed by atoms with Crippen molar-refractivity contribution in [2.24, 2.45) is 5.73 Å². The predicted octanol–water partition coefficient (Wildman–Crippen LogP) is 2.82. The number of nitrogens with two attached hydrogens (primary N) is 1. The summed E-state index contributed by atoms with van der Waals surface area (Å²) in [4.78, 5) is 4.20. The van der Waals surface area contributed by atoms with Gasteiger partial charge in [-0.25, -0.2) is 4.98 Å². The van der Waals surface area contributed by atoms with Gasteiger partial charge < -0.3 is 15.0 Å². The number of ether oxygens (including phenoxy) is 1. The molecule has 20 heavy (non-hydrogen) atoms. The molecule has 106 valence electrons. The van der Waals surface area contributed by atoms with Crippen LogP contribution in [0.25, 0.3) is 0 Å². The van der Waals surface area contributed by atoms with Gasteiger partial charge in [0.15, 0.2) is 0 Å². The molecule has 2 N–H and O–H groups in total. The molecule has 0 fully saturated rings. The van der Waals surface area contributed by atoms with Crippen molar-refractivity contribution in [2.75, 3.05) is 0 Å². The van der Waals surface area contributed by atoms with Crippen LogP contribution in [-0.2, 0) is 19.6 Å². The van der Waals surface area contributed by atoms with Gasteiger partial charge in [-0.15, -0.1) is 0 Å². The molecule has 1 atom stereocenters. The van der Waals surface area contributed by atoms with Gasteiger partial charge in [-0.2, -0.15) is 0 Å². The average molecular weight is 271 g/mol. The maximum Gasteiger partial charge on any atom is 0.130 e. The van der Waals surface area contributed by atoms with Crippen LogP contribution >= 0.6 is 0 Å². The first-order valence-corrected chi connectivity index (χ1v) is 7.28. The van der Waals surface area contributed by atoms with E-state index >= 15 is 0 Å². The lowest BCUT2D eigenvalue weighted by atomic mass is 10.1. The summed E-state index contributed by atoms with van der Waals surface area (Å²) in [5, 5.41) is 0. The zero-order chi connectivity index (χ0) is 13.9. The van der Waals surface area contributed by atoms with Gasteiger partial charge in [-0.05, 0) is 36.5 Å². The Morgan fingerprint density at radius 1 is 1.45 bits per heavy atom. The quantitative estimate of drug-likeness (QED) is 0.909. The van der Waals surface area contributed by atoms with Crippen LogP contribution in [0.5, 0.6) is 5.75 Å². The molecule has 0 bridgehead atoms. The predicted molar refractivity (Wildman–Crippen MR) is 78.5 cm³/mol. The van der Waals surface area contributed by atoms with Crippen LogP contribution in [0.4, 0.5) is 0 Å². The van der Waals surface area contributed by atoms with Crippen LogP contribution in [0.15, 0.2) is 30.7 Å². The minimum Gasteiger partial charge on any atom is -0.487 e. The first kappa shape index (κ1) is 13.2. The highest BCUT2D eigenvalue weighted by Gasteiger charge is 2.22. The highest BCUT2D eigenvalue weighted by Crippen LogP contribution is 2.35.